The highest BCUT2D eigenvalue weighted by Gasteiger charge is 2.07. The van der Waals surface area contributed by atoms with Crippen LogP contribution in [0.2, 0.25) is 5.02 Å². The molecule has 0 saturated heterocycles. The highest BCUT2D eigenvalue weighted by molar-refractivity contribution is 6.31. The summed E-state index contributed by atoms with van der Waals surface area (Å²) in [5, 5.41) is 4.07. The molecule has 0 saturated carbocycles. The van der Waals surface area contributed by atoms with Crippen LogP contribution in [0.15, 0.2) is 12.1 Å². The summed E-state index contributed by atoms with van der Waals surface area (Å²) in [6.07, 6.45) is 1.12. The zero-order chi connectivity index (χ0) is 12.7. The molecule has 0 aromatic carbocycles. The zero-order valence-corrected chi connectivity index (χ0v) is 11.7. The normalized spacial score (nSPS) is 10.6. The number of aromatic nitrogens is 1. The Bertz CT molecular complexity index is 337. The van der Waals surface area contributed by atoms with E-state index < -0.39 is 0 Å². The second-order valence-electron chi connectivity index (χ2n) is 3.95. The number of hydrogen-bond donors (Lipinski definition) is 1. The van der Waals surface area contributed by atoms with Crippen LogP contribution < -0.4 is 10.2 Å². The number of nitrogens with zero attached hydrogens (tertiary/aromatic N) is 2. The molecule has 0 fully saturated rings. The number of rotatable bonds is 7. The van der Waals surface area contributed by atoms with E-state index in [-0.39, 0.29) is 0 Å². The van der Waals surface area contributed by atoms with E-state index in [1.54, 1.807) is 0 Å². The first kappa shape index (κ1) is 14.3. The molecular formula is C13H22ClN3. The molecule has 1 N–H and O–H groups in total. The third-order valence-electron chi connectivity index (χ3n) is 2.71. The van der Waals surface area contributed by atoms with Crippen molar-refractivity contribution in [1.82, 2.24) is 10.3 Å². The Morgan fingerprint density at radius 1 is 1.24 bits per heavy atom. The van der Waals surface area contributed by atoms with Crippen LogP contribution in [0.4, 0.5) is 5.82 Å². The molecule has 0 atom stereocenters. The Morgan fingerprint density at radius 3 is 2.53 bits per heavy atom. The van der Waals surface area contributed by atoms with Gasteiger partial charge in [0.2, 0.25) is 0 Å². The van der Waals surface area contributed by atoms with Gasteiger partial charge in [-0.1, -0.05) is 18.5 Å². The number of anilines is 1. The molecule has 0 aliphatic carbocycles. The van der Waals surface area contributed by atoms with Crippen LogP contribution >= 0.6 is 11.6 Å². The fourth-order valence-electron chi connectivity index (χ4n) is 1.70. The molecule has 96 valence electrons. The minimum atomic E-state index is 0.738. The van der Waals surface area contributed by atoms with Gasteiger partial charge in [0.25, 0.3) is 0 Å². The van der Waals surface area contributed by atoms with Gasteiger partial charge in [0, 0.05) is 19.6 Å². The quantitative estimate of drug-likeness (QED) is 0.759. The third-order valence-corrected chi connectivity index (χ3v) is 3.05. The summed E-state index contributed by atoms with van der Waals surface area (Å²) in [4.78, 5) is 6.84. The van der Waals surface area contributed by atoms with Crippen molar-refractivity contribution in [3.63, 3.8) is 0 Å². The molecule has 1 rings (SSSR count). The van der Waals surface area contributed by atoms with Crippen LogP contribution in [0, 0.1) is 0 Å². The number of halogens is 1. The molecule has 1 aromatic heterocycles. The van der Waals surface area contributed by atoms with Crippen molar-refractivity contribution in [2.24, 2.45) is 0 Å². The maximum atomic E-state index is 6.15. The van der Waals surface area contributed by atoms with Crippen LogP contribution in [0.25, 0.3) is 0 Å². The Morgan fingerprint density at radius 2 is 1.94 bits per heavy atom. The summed E-state index contributed by atoms with van der Waals surface area (Å²) < 4.78 is 0. The minimum absolute atomic E-state index is 0.738. The van der Waals surface area contributed by atoms with E-state index in [0.29, 0.717) is 0 Å². The van der Waals surface area contributed by atoms with Crippen LogP contribution in [0.5, 0.6) is 0 Å². The van der Waals surface area contributed by atoms with Crippen LogP contribution in [0.1, 0.15) is 32.9 Å². The van der Waals surface area contributed by atoms with Crippen LogP contribution in [-0.2, 0) is 6.54 Å². The second-order valence-corrected chi connectivity index (χ2v) is 4.35. The summed E-state index contributed by atoms with van der Waals surface area (Å²) in [7, 11) is 0. The first-order valence-electron chi connectivity index (χ1n) is 6.33. The van der Waals surface area contributed by atoms with Crippen molar-refractivity contribution in [2.45, 2.75) is 33.7 Å². The summed E-state index contributed by atoms with van der Waals surface area (Å²) in [5.74, 6) is 1.01. The van der Waals surface area contributed by atoms with E-state index in [1.165, 1.54) is 0 Å². The Balaban J connectivity index is 2.78. The van der Waals surface area contributed by atoms with Gasteiger partial charge in [-0.05, 0) is 38.9 Å². The van der Waals surface area contributed by atoms with Crippen LogP contribution in [0.3, 0.4) is 0 Å². The summed E-state index contributed by atoms with van der Waals surface area (Å²) in [6, 6.07) is 3.92. The van der Waals surface area contributed by atoms with Gasteiger partial charge < -0.3 is 10.2 Å². The maximum absolute atomic E-state index is 6.15. The summed E-state index contributed by atoms with van der Waals surface area (Å²) in [5.41, 5.74) is 0.935. The van der Waals surface area contributed by atoms with Gasteiger partial charge in [-0.2, -0.15) is 0 Å². The fourth-order valence-corrected chi connectivity index (χ4v) is 1.88. The van der Waals surface area contributed by atoms with Gasteiger partial charge in [0.05, 0.1) is 10.7 Å². The first-order valence-corrected chi connectivity index (χ1v) is 6.71. The topological polar surface area (TPSA) is 28.2 Å². The molecular weight excluding hydrogens is 234 g/mol. The molecule has 0 bridgehead atoms. The lowest BCUT2D eigenvalue weighted by Crippen LogP contribution is -2.24. The van der Waals surface area contributed by atoms with Crippen molar-refractivity contribution in [3.8, 4) is 0 Å². The molecule has 0 radical (unpaired) electrons. The third kappa shape index (κ3) is 4.17. The standard InChI is InChI=1S/C13H22ClN3/c1-4-9-15-10-12-11(14)7-8-13(16-12)17(5-2)6-3/h7-8,15H,4-6,9-10H2,1-3H3. The lowest BCUT2D eigenvalue weighted by atomic mass is 10.3. The largest absolute Gasteiger partial charge is 0.357 e. The van der Waals surface area contributed by atoms with E-state index in [9.17, 15) is 0 Å². The Labute approximate surface area is 109 Å². The van der Waals surface area contributed by atoms with Gasteiger partial charge in [-0.25, -0.2) is 4.98 Å². The molecule has 3 nitrogen and oxygen atoms in total. The average molecular weight is 256 g/mol. The average Bonchev–Trinajstić information content (AvgIpc) is 2.34. The van der Waals surface area contributed by atoms with E-state index in [1.807, 2.05) is 12.1 Å². The fraction of sp³-hybridized carbons (Fsp3) is 0.615. The Hall–Kier alpha value is -0.800. The minimum Gasteiger partial charge on any atom is -0.357 e. The predicted octanol–water partition coefficient (Wildman–Crippen LogP) is 3.08. The molecule has 0 spiro atoms. The molecule has 4 heteroatoms. The lowest BCUT2D eigenvalue weighted by Gasteiger charge is -2.20. The first-order chi connectivity index (χ1) is 8.22. The SMILES string of the molecule is CCCNCc1nc(N(CC)CC)ccc1Cl. The van der Waals surface area contributed by atoms with Gasteiger partial charge in [-0.3, -0.25) is 0 Å². The highest BCUT2D eigenvalue weighted by Crippen LogP contribution is 2.19. The van der Waals surface area contributed by atoms with E-state index in [0.717, 1.165) is 49.1 Å². The lowest BCUT2D eigenvalue weighted by molar-refractivity contribution is 0.663. The summed E-state index contributed by atoms with van der Waals surface area (Å²) >= 11 is 6.15. The highest BCUT2D eigenvalue weighted by atomic mass is 35.5. The van der Waals surface area contributed by atoms with Crippen molar-refractivity contribution in [1.29, 1.82) is 0 Å². The molecule has 1 aromatic rings. The smallest absolute Gasteiger partial charge is 0.128 e. The molecule has 0 amide bonds. The van der Waals surface area contributed by atoms with Crippen LogP contribution in [-0.4, -0.2) is 24.6 Å². The Kier molecular flexibility index (Phi) is 6.30. The van der Waals surface area contributed by atoms with Gasteiger partial charge in [-0.15, -0.1) is 0 Å². The van der Waals surface area contributed by atoms with Gasteiger partial charge >= 0.3 is 0 Å². The maximum Gasteiger partial charge on any atom is 0.128 e. The number of hydrogen-bond acceptors (Lipinski definition) is 3. The van der Waals surface area contributed by atoms with Gasteiger partial charge in [0.15, 0.2) is 0 Å². The van der Waals surface area contributed by atoms with Crippen molar-refractivity contribution < 1.29 is 0 Å². The van der Waals surface area contributed by atoms with Crippen molar-refractivity contribution in [2.75, 3.05) is 24.5 Å². The number of nitrogens with one attached hydrogen (secondary N) is 1. The van der Waals surface area contributed by atoms with Gasteiger partial charge in [0.1, 0.15) is 5.82 Å². The van der Waals surface area contributed by atoms with E-state index in [2.05, 4.69) is 36.0 Å². The summed E-state index contributed by atoms with van der Waals surface area (Å²) in [6.45, 7) is 10.1. The molecule has 17 heavy (non-hydrogen) atoms. The molecule has 0 unspecified atom stereocenters. The molecule has 1 heterocycles. The van der Waals surface area contributed by atoms with Crippen molar-refractivity contribution >= 4 is 17.4 Å². The predicted molar refractivity (Wildman–Crippen MR) is 74.8 cm³/mol. The van der Waals surface area contributed by atoms with E-state index >= 15 is 0 Å². The van der Waals surface area contributed by atoms with E-state index in [4.69, 9.17) is 11.6 Å². The molecule has 0 aliphatic rings. The number of pyridine rings is 1. The zero-order valence-electron chi connectivity index (χ0n) is 11.0. The second kappa shape index (κ2) is 7.51. The molecule has 0 aliphatic heterocycles. The monoisotopic (exact) mass is 255 g/mol. The van der Waals surface area contributed by atoms with Crippen molar-refractivity contribution in [3.05, 3.63) is 22.8 Å².